The average molecular weight is 352 g/mol. The van der Waals surface area contributed by atoms with Crippen LogP contribution in [0.5, 0.6) is 5.75 Å². The number of aromatic amines is 1. The normalized spacial score (nSPS) is 13.8. The Hall–Kier alpha value is -2.82. The fourth-order valence-corrected chi connectivity index (χ4v) is 3.25. The molecule has 0 spiro atoms. The number of aryl methyl sites for hydroxylation is 1. The van der Waals surface area contributed by atoms with Crippen LogP contribution in [0.1, 0.15) is 24.8 Å². The van der Waals surface area contributed by atoms with Crippen molar-refractivity contribution in [3.05, 3.63) is 53.8 Å². The lowest BCUT2D eigenvalue weighted by Crippen LogP contribution is -2.25. The molecular weight excluding hydrogens is 331 g/mol. The van der Waals surface area contributed by atoms with E-state index in [9.17, 15) is 9.18 Å². The van der Waals surface area contributed by atoms with E-state index in [4.69, 9.17) is 4.74 Å². The third kappa shape index (κ3) is 3.43. The van der Waals surface area contributed by atoms with Crippen LogP contribution in [0, 0.1) is 5.82 Å². The number of hydrogen-bond donors (Lipinski definition) is 2. The fourth-order valence-electron chi connectivity index (χ4n) is 3.25. The van der Waals surface area contributed by atoms with Gasteiger partial charge in [-0.15, -0.1) is 0 Å². The Labute approximate surface area is 151 Å². The summed E-state index contributed by atoms with van der Waals surface area (Å²) in [6.45, 7) is 0. The summed E-state index contributed by atoms with van der Waals surface area (Å²) < 4.78 is 19.0. The molecule has 0 bridgehead atoms. The molecule has 1 heterocycles. The molecule has 0 aliphatic heterocycles. The summed E-state index contributed by atoms with van der Waals surface area (Å²) in [5.74, 6) is 0.557. The molecule has 4 rings (SSSR count). The summed E-state index contributed by atoms with van der Waals surface area (Å²) in [6, 6.07) is 12.8. The van der Waals surface area contributed by atoms with Gasteiger partial charge in [0.25, 0.3) is 0 Å². The maximum absolute atomic E-state index is 13.8. The summed E-state index contributed by atoms with van der Waals surface area (Å²) in [6.07, 6.45) is 3.09. The van der Waals surface area contributed by atoms with Gasteiger partial charge in [-0.05, 0) is 72.9 Å². The number of fused-ring (bicyclic) bond motifs is 1. The summed E-state index contributed by atoms with van der Waals surface area (Å²) in [5.41, 5.74) is 3.75. The van der Waals surface area contributed by atoms with Crippen molar-refractivity contribution in [3.63, 3.8) is 0 Å². The van der Waals surface area contributed by atoms with Gasteiger partial charge < -0.3 is 15.0 Å². The number of amides is 1. The Morgan fingerprint density at radius 3 is 2.69 bits per heavy atom. The molecule has 1 saturated carbocycles. The van der Waals surface area contributed by atoms with Gasteiger partial charge in [-0.2, -0.15) is 0 Å². The molecule has 26 heavy (non-hydrogen) atoms. The second-order valence-electron chi connectivity index (χ2n) is 6.74. The Morgan fingerprint density at radius 1 is 1.23 bits per heavy atom. The van der Waals surface area contributed by atoms with E-state index >= 15 is 0 Å². The van der Waals surface area contributed by atoms with E-state index in [1.165, 1.54) is 12.1 Å². The third-order valence-electron chi connectivity index (χ3n) is 4.79. The van der Waals surface area contributed by atoms with Crippen molar-refractivity contribution >= 4 is 16.8 Å². The first kappa shape index (κ1) is 16.6. The van der Waals surface area contributed by atoms with Crippen molar-refractivity contribution in [3.8, 4) is 17.0 Å². The zero-order valence-electron chi connectivity index (χ0n) is 14.6. The average Bonchev–Trinajstić information content (AvgIpc) is 3.39. The number of rotatable bonds is 6. The number of ether oxygens (including phenoxy) is 1. The summed E-state index contributed by atoms with van der Waals surface area (Å²) >= 11 is 0. The lowest BCUT2D eigenvalue weighted by atomic mass is 10.0. The van der Waals surface area contributed by atoms with E-state index < -0.39 is 0 Å². The van der Waals surface area contributed by atoms with Crippen LogP contribution in [0.4, 0.5) is 4.39 Å². The molecule has 1 fully saturated rings. The van der Waals surface area contributed by atoms with Gasteiger partial charge in [0.15, 0.2) is 0 Å². The number of nitrogens with one attached hydrogen (secondary N) is 2. The molecule has 2 aromatic carbocycles. The highest BCUT2D eigenvalue weighted by atomic mass is 19.1. The predicted octanol–water partition coefficient (Wildman–Crippen LogP) is 4.19. The fraction of sp³-hybridized carbons (Fsp3) is 0.286. The maximum atomic E-state index is 13.8. The van der Waals surface area contributed by atoms with Gasteiger partial charge in [-0.3, -0.25) is 4.79 Å². The molecule has 1 aromatic heterocycles. The maximum Gasteiger partial charge on any atom is 0.220 e. The summed E-state index contributed by atoms with van der Waals surface area (Å²) in [4.78, 5) is 15.5. The zero-order valence-corrected chi connectivity index (χ0v) is 14.6. The number of H-pyrrole nitrogens is 1. The van der Waals surface area contributed by atoms with Gasteiger partial charge in [0.1, 0.15) is 11.6 Å². The van der Waals surface area contributed by atoms with Crippen LogP contribution in [0.3, 0.4) is 0 Å². The van der Waals surface area contributed by atoms with E-state index in [0.29, 0.717) is 18.9 Å². The Kier molecular flexibility index (Phi) is 4.37. The number of hydrogen-bond acceptors (Lipinski definition) is 2. The molecule has 3 aromatic rings. The zero-order chi connectivity index (χ0) is 18.1. The molecule has 1 aliphatic rings. The van der Waals surface area contributed by atoms with Crippen molar-refractivity contribution in [1.29, 1.82) is 0 Å². The SMILES string of the molecule is COc1ccc(-c2[nH]c3ccc(F)cc3c2CCC(=O)NC2CC2)cc1. The van der Waals surface area contributed by atoms with Crippen LogP contribution in [0.25, 0.3) is 22.2 Å². The van der Waals surface area contributed by atoms with Crippen LogP contribution in [-0.4, -0.2) is 24.0 Å². The summed E-state index contributed by atoms with van der Waals surface area (Å²) in [7, 11) is 1.63. The second kappa shape index (κ2) is 6.83. The minimum Gasteiger partial charge on any atom is -0.497 e. The van der Waals surface area contributed by atoms with Gasteiger partial charge in [0, 0.05) is 29.1 Å². The Balaban J connectivity index is 1.69. The van der Waals surface area contributed by atoms with E-state index in [1.807, 2.05) is 24.3 Å². The van der Waals surface area contributed by atoms with Crippen LogP contribution in [-0.2, 0) is 11.2 Å². The third-order valence-corrected chi connectivity index (χ3v) is 4.79. The van der Waals surface area contributed by atoms with E-state index in [1.54, 1.807) is 13.2 Å². The molecule has 0 unspecified atom stereocenters. The van der Waals surface area contributed by atoms with Crippen LogP contribution in [0.15, 0.2) is 42.5 Å². The Morgan fingerprint density at radius 2 is 2.00 bits per heavy atom. The van der Waals surface area contributed by atoms with E-state index in [0.717, 1.165) is 46.3 Å². The smallest absolute Gasteiger partial charge is 0.220 e. The first-order chi connectivity index (χ1) is 12.6. The van der Waals surface area contributed by atoms with Crippen molar-refractivity contribution in [2.24, 2.45) is 0 Å². The molecule has 4 nitrogen and oxygen atoms in total. The molecule has 0 radical (unpaired) electrons. The van der Waals surface area contributed by atoms with Crippen molar-refractivity contribution < 1.29 is 13.9 Å². The molecule has 1 aliphatic carbocycles. The van der Waals surface area contributed by atoms with Crippen molar-refractivity contribution in [2.45, 2.75) is 31.7 Å². The highest BCUT2D eigenvalue weighted by Crippen LogP contribution is 2.33. The monoisotopic (exact) mass is 352 g/mol. The number of benzene rings is 2. The first-order valence-electron chi connectivity index (χ1n) is 8.88. The number of halogens is 1. The molecule has 2 N–H and O–H groups in total. The lowest BCUT2D eigenvalue weighted by molar-refractivity contribution is -0.121. The van der Waals surface area contributed by atoms with Crippen LogP contribution < -0.4 is 10.1 Å². The molecule has 5 heteroatoms. The molecule has 0 saturated heterocycles. The molecule has 134 valence electrons. The van der Waals surface area contributed by atoms with Gasteiger partial charge in [0.05, 0.1) is 7.11 Å². The molecule has 0 atom stereocenters. The first-order valence-corrected chi connectivity index (χ1v) is 8.88. The number of aromatic nitrogens is 1. The standard InChI is InChI=1S/C21H21FN2O2/c1-26-16-7-2-13(3-8-16)21-17(9-11-20(25)23-15-5-6-15)18-12-14(22)4-10-19(18)24-21/h2-4,7-8,10,12,15,24H,5-6,9,11H2,1H3,(H,23,25). The van der Waals surface area contributed by atoms with Gasteiger partial charge in [0.2, 0.25) is 5.91 Å². The lowest BCUT2D eigenvalue weighted by Gasteiger charge is -2.07. The Bertz CT molecular complexity index is 943. The number of carbonyl (C=O) groups is 1. The van der Waals surface area contributed by atoms with Crippen molar-refractivity contribution in [2.75, 3.05) is 7.11 Å². The van der Waals surface area contributed by atoms with E-state index in [-0.39, 0.29) is 11.7 Å². The second-order valence-corrected chi connectivity index (χ2v) is 6.74. The molecule has 1 amide bonds. The van der Waals surface area contributed by atoms with Gasteiger partial charge in [-0.1, -0.05) is 0 Å². The molecular formula is C21H21FN2O2. The largest absolute Gasteiger partial charge is 0.497 e. The number of carbonyl (C=O) groups excluding carboxylic acids is 1. The highest BCUT2D eigenvalue weighted by Gasteiger charge is 2.23. The van der Waals surface area contributed by atoms with Crippen molar-refractivity contribution in [1.82, 2.24) is 10.3 Å². The topological polar surface area (TPSA) is 54.1 Å². The van der Waals surface area contributed by atoms with Crippen LogP contribution >= 0.6 is 0 Å². The van der Waals surface area contributed by atoms with Gasteiger partial charge in [-0.25, -0.2) is 4.39 Å². The predicted molar refractivity (Wildman–Crippen MR) is 99.7 cm³/mol. The number of methoxy groups -OCH3 is 1. The van der Waals surface area contributed by atoms with Crippen LogP contribution in [0.2, 0.25) is 0 Å². The van der Waals surface area contributed by atoms with E-state index in [2.05, 4.69) is 10.3 Å². The quantitative estimate of drug-likeness (QED) is 0.699. The van der Waals surface area contributed by atoms with Gasteiger partial charge >= 0.3 is 0 Å². The summed E-state index contributed by atoms with van der Waals surface area (Å²) in [5, 5.41) is 3.84. The minimum absolute atomic E-state index is 0.0546. The highest BCUT2D eigenvalue weighted by molar-refractivity contribution is 5.91. The minimum atomic E-state index is -0.276.